The normalized spacial score (nSPS) is 10.1. The number of benzene rings is 1. The lowest BCUT2D eigenvalue weighted by molar-refractivity contribution is 0.389. The highest BCUT2D eigenvalue weighted by atomic mass is 32.2. The molecule has 0 saturated heterocycles. The monoisotopic (exact) mass is 176 g/mol. The van der Waals surface area contributed by atoms with Crippen LogP contribution in [-0.4, -0.2) is 11.4 Å². The van der Waals surface area contributed by atoms with Crippen molar-refractivity contribution < 1.29 is 13.9 Å². The number of aromatic hydroxyl groups is 1. The van der Waals surface area contributed by atoms with E-state index in [4.69, 9.17) is 5.11 Å². The van der Waals surface area contributed by atoms with E-state index in [1.807, 2.05) is 0 Å². The van der Waals surface area contributed by atoms with Crippen LogP contribution in [0.3, 0.4) is 0 Å². The van der Waals surface area contributed by atoms with Crippen molar-refractivity contribution in [2.45, 2.75) is 4.90 Å². The predicted octanol–water partition coefficient (Wildman–Crippen LogP) is 2.39. The average molecular weight is 176 g/mol. The van der Waals surface area contributed by atoms with Gasteiger partial charge in [0.25, 0.3) is 0 Å². The van der Waals surface area contributed by atoms with Gasteiger partial charge in [-0.05, 0) is 18.4 Å². The molecule has 0 fully saturated rings. The van der Waals surface area contributed by atoms with Crippen molar-refractivity contribution in [2.24, 2.45) is 0 Å². The summed E-state index contributed by atoms with van der Waals surface area (Å²) in [6.45, 7) is 0. The Morgan fingerprint density at radius 3 is 2.55 bits per heavy atom. The molecule has 1 rings (SSSR count). The first-order valence-electron chi connectivity index (χ1n) is 2.87. The fourth-order valence-corrected chi connectivity index (χ4v) is 1.16. The molecule has 1 aromatic carbocycles. The quantitative estimate of drug-likeness (QED) is 0.663. The molecule has 0 aliphatic heterocycles. The van der Waals surface area contributed by atoms with Crippen LogP contribution < -0.4 is 0 Å². The molecule has 11 heavy (non-hydrogen) atoms. The molecule has 1 nitrogen and oxygen atoms in total. The van der Waals surface area contributed by atoms with Crippen LogP contribution in [0.1, 0.15) is 0 Å². The third-order valence-electron chi connectivity index (χ3n) is 1.25. The zero-order chi connectivity index (χ0) is 8.43. The van der Waals surface area contributed by atoms with Gasteiger partial charge in [0.05, 0.1) is 0 Å². The molecule has 0 bridgehead atoms. The summed E-state index contributed by atoms with van der Waals surface area (Å²) < 4.78 is 25.1. The molecule has 0 aliphatic rings. The molecule has 0 atom stereocenters. The number of hydrogen-bond acceptors (Lipinski definition) is 2. The van der Waals surface area contributed by atoms with E-state index in [2.05, 4.69) is 0 Å². The van der Waals surface area contributed by atoms with E-state index in [1.54, 1.807) is 6.26 Å². The van der Waals surface area contributed by atoms with Crippen molar-refractivity contribution in [3.8, 4) is 5.75 Å². The predicted molar refractivity (Wildman–Crippen MR) is 39.8 cm³/mol. The maximum atomic E-state index is 12.8. The molecule has 0 saturated carbocycles. The Kier molecular flexibility index (Phi) is 2.34. The second-order valence-corrected chi connectivity index (χ2v) is 2.76. The summed E-state index contributed by atoms with van der Waals surface area (Å²) in [4.78, 5) is 0.240. The van der Waals surface area contributed by atoms with Gasteiger partial charge in [-0.3, -0.25) is 0 Å². The van der Waals surface area contributed by atoms with Crippen LogP contribution in [0.15, 0.2) is 17.0 Å². The Hall–Kier alpha value is -0.770. The van der Waals surface area contributed by atoms with E-state index in [0.717, 1.165) is 17.8 Å². The van der Waals surface area contributed by atoms with Crippen LogP contribution in [0, 0.1) is 11.6 Å². The van der Waals surface area contributed by atoms with Crippen molar-refractivity contribution in [1.82, 2.24) is 0 Å². The summed E-state index contributed by atoms with van der Waals surface area (Å²) in [6, 6.07) is 2.32. The summed E-state index contributed by atoms with van der Waals surface area (Å²) in [5.74, 6) is -2.73. The standard InChI is InChI=1S/C7H6F2OS/c1-11-5-3-2-4(8)7(10)6(5)9/h2-3,10H,1H3. The van der Waals surface area contributed by atoms with Crippen LogP contribution in [0.4, 0.5) is 8.78 Å². The van der Waals surface area contributed by atoms with E-state index in [1.165, 1.54) is 6.07 Å². The molecule has 0 unspecified atom stereocenters. The van der Waals surface area contributed by atoms with Gasteiger partial charge in [0.2, 0.25) is 0 Å². The van der Waals surface area contributed by atoms with E-state index < -0.39 is 17.4 Å². The zero-order valence-corrected chi connectivity index (χ0v) is 6.58. The van der Waals surface area contributed by atoms with Crippen LogP contribution in [0.25, 0.3) is 0 Å². The smallest absolute Gasteiger partial charge is 0.188 e. The van der Waals surface area contributed by atoms with Crippen molar-refractivity contribution >= 4 is 11.8 Å². The molecule has 4 heteroatoms. The molecular weight excluding hydrogens is 170 g/mol. The Labute approximate surface area is 67.0 Å². The summed E-state index contributed by atoms with van der Waals surface area (Å²) in [6.07, 6.45) is 1.65. The van der Waals surface area contributed by atoms with Crippen LogP contribution in [0.5, 0.6) is 5.75 Å². The van der Waals surface area contributed by atoms with Gasteiger partial charge in [-0.15, -0.1) is 11.8 Å². The molecule has 0 aliphatic carbocycles. The number of phenolic OH excluding ortho intramolecular Hbond substituents is 1. The number of thioether (sulfide) groups is 1. The SMILES string of the molecule is CSc1ccc(F)c(O)c1F. The first kappa shape index (κ1) is 8.33. The summed E-state index contributed by atoms with van der Waals surface area (Å²) in [5.41, 5.74) is 0. The van der Waals surface area contributed by atoms with Gasteiger partial charge in [0.15, 0.2) is 17.4 Å². The largest absolute Gasteiger partial charge is 0.503 e. The lowest BCUT2D eigenvalue weighted by atomic mass is 10.3. The van der Waals surface area contributed by atoms with E-state index in [9.17, 15) is 8.78 Å². The molecule has 0 heterocycles. The molecular formula is C7H6F2OS. The van der Waals surface area contributed by atoms with Gasteiger partial charge in [-0.1, -0.05) is 0 Å². The third-order valence-corrected chi connectivity index (χ3v) is 2.01. The highest BCUT2D eigenvalue weighted by Gasteiger charge is 2.10. The minimum Gasteiger partial charge on any atom is -0.503 e. The Balaban J connectivity index is 3.25. The van der Waals surface area contributed by atoms with Crippen LogP contribution in [0.2, 0.25) is 0 Å². The van der Waals surface area contributed by atoms with E-state index >= 15 is 0 Å². The maximum Gasteiger partial charge on any atom is 0.188 e. The van der Waals surface area contributed by atoms with Gasteiger partial charge in [-0.25, -0.2) is 8.78 Å². The lowest BCUT2D eigenvalue weighted by Gasteiger charge is -2.00. The average Bonchev–Trinajstić information content (AvgIpc) is 2.01. The highest BCUT2D eigenvalue weighted by Crippen LogP contribution is 2.28. The number of phenols is 1. The Bertz CT molecular complexity index is 275. The molecule has 60 valence electrons. The minimum absolute atomic E-state index is 0.240. The van der Waals surface area contributed by atoms with Crippen molar-refractivity contribution in [3.63, 3.8) is 0 Å². The maximum absolute atomic E-state index is 12.8. The van der Waals surface area contributed by atoms with Gasteiger partial charge in [0, 0.05) is 4.90 Å². The van der Waals surface area contributed by atoms with Gasteiger partial charge >= 0.3 is 0 Å². The van der Waals surface area contributed by atoms with E-state index in [0.29, 0.717) is 0 Å². The summed E-state index contributed by atoms with van der Waals surface area (Å²) in [7, 11) is 0. The Morgan fingerprint density at radius 1 is 1.36 bits per heavy atom. The minimum atomic E-state index is -0.930. The van der Waals surface area contributed by atoms with Crippen molar-refractivity contribution in [3.05, 3.63) is 23.8 Å². The molecule has 0 spiro atoms. The number of hydrogen-bond donors (Lipinski definition) is 1. The third kappa shape index (κ3) is 1.45. The summed E-state index contributed by atoms with van der Waals surface area (Å²) >= 11 is 1.12. The molecule has 1 aromatic rings. The molecule has 1 N–H and O–H groups in total. The van der Waals surface area contributed by atoms with E-state index in [-0.39, 0.29) is 4.90 Å². The van der Waals surface area contributed by atoms with Gasteiger partial charge in [-0.2, -0.15) is 0 Å². The van der Waals surface area contributed by atoms with Crippen molar-refractivity contribution in [2.75, 3.05) is 6.26 Å². The molecule has 0 amide bonds. The zero-order valence-electron chi connectivity index (χ0n) is 5.77. The van der Waals surface area contributed by atoms with Gasteiger partial charge < -0.3 is 5.11 Å². The van der Waals surface area contributed by atoms with Crippen molar-refractivity contribution in [1.29, 1.82) is 0 Å². The summed E-state index contributed by atoms with van der Waals surface area (Å²) in [5, 5.41) is 8.75. The fourth-order valence-electron chi connectivity index (χ4n) is 0.680. The molecule has 0 aromatic heterocycles. The first-order valence-corrected chi connectivity index (χ1v) is 4.10. The first-order chi connectivity index (χ1) is 5.16. The highest BCUT2D eigenvalue weighted by molar-refractivity contribution is 7.98. The second-order valence-electron chi connectivity index (χ2n) is 1.91. The fraction of sp³-hybridized carbons (Fsp3) is 0.143. The number of rotatable bonds is 1. The second kappa shape index (κ2) is 3.09. The van der Waals surface area contributed by atoms with Crippen LogP contribution >= 0.6 is 11.8 Å². The topological polar surface area (TPSA) is 20.2 Å². The number of halogens is 2. The van der Waals surface area contributed by atoms with Crippen LogP contribution in [-0.2, 0) is 0 Å². The Morgan fingerprint density at radius 2 is 2.00 bits per heavy atom. The lowest BCUT2D eigenvalue weighted by Crippen LogP contribution is -1.84. The molecule has 0 radical (unpaired) electrons. The van der Waals surface area contributed by atoms with Gasteiger partial charge in [0.1, 0.15) is 0 Å².